The van der Waals surface area contributed by atoms with E-state index in [0.29, 0.717) is 6.04 Å². The van der Waals surface area contributed by atoms with Gasteiger partial charge in [0, 0.05) is 25.2 Å². The maximum Gasteiger partial charge on any atom is 0.0326 e. The zero-order valence-corrected chi connectivity index (χ0v) is 10.7. The molecule has 2 nitrogen and oxygen atoms in total. The van der Waals surface area contributed by atoms with E-state index in [9.17, 15) is 0 Å². The molecule has 1 fully saturated rings. The molecule has 1 saturated carbocycles. The van der Waals surface area contributed by atoms with E-state index in [-0.39, 0.29) is 0 Å². The van der Waals surface area contributed by atoms with Crippen LogP contribution in [0.1, 0.15) is 36.4 Å². The van der Waals surface area contributed by atoms with Crippen molar-refractivity contribution in [2.75, 3.05) is 20.1 Å². The van der Waals surface area contributed by atoms with Gasteiger partial charge in [-0.3, -0.25) is 0 Å². The van der Waals surface area contributed by atoms with Crippen molar-refractivity contribution in [2.45, 2.75) is 37.8 Å². The summed E-state index contributed by atoms with van der Waals surface area (Å²) in [4.78, 5) is 2.49. The van der Waals surface area contributed by atoms with Crippen LogP contribution in [0.15, 0.2) is 24.3 Å². The molecule has 0 bridgehead atoms. The molecule has 17 heavy (non-hydrogen) atoms. The molecule has 3 rings (SSSR count). The van der Waals surface area contributed by atoms with Gasteiger partial charge in [-0.2, -0.15) is 0 Å². The molecule has 92 valence electrons. The number of fused-ring (bicyclic) bond motifs is 1. The van der Waals surface area contributed by atoms with Gasteiger partial charge in [0.25, 0.3) is 0 Å². The van der Waals surface area contributed by atoms with Crippen molar-refractivity contribution in [3.8, 4) is 0 Å². The molecule has 1 atom stereocenters. The van der Waals surface area contributed by atoms with Crippen LogP contribution in [0, 0.1) is 0 Å². The van der Waals surface area contributed by atoms with Gasteiger partial charge < -0.3 is 10.2 Å². The molecule has 2 heteroatoms. The van der Waals surface area contributed by atoms with E-state index >= 15 is 0 Å². The summed E-state index contributed by atoms with van der Waals surface area (Å²) < 4.78 is 0. The molecule has 1 unspecified atom stereocenters. The minimum Gasteiger partial charge on any atom is -0.309 e. The summed E-state index contributed by atoms with van der Waals surface area (Å²) >= 11 is 0. The van der Waals surface area contributed by atoms with Crippen molar-refractivity contribution in [3.05, 3.63) is 35.4 Å². The Morgan fingerprint density at radius 1 is 1.24 bits per heavy atom. The number of nitrogens with zero attached hydrogens (tertiary/aromatic N) is 1. The molecule has 1 aromatic rings. The van der Waals surface area contributed by atoms with Crippen molar-refractivity contribution in [2.24, 2.45) is 0 Å². The van der Waals surface area contributed by atoms with Crippen LogP contribution in [0.4, 0.5) is 0 Å². The summed E-state index contributed by atoms with van der Waals surface area (Å²) in [5.74, 6) is 0. The highest BCUT2D eigenvalue weighted by Crippen LogP contribution is 2.30. The lowest BCUT2D eigenvalue weighted by atomic mass is 10.1. The summed E-state index contributed by atoms with van der Waals surface area (Å²) in [5, 5.41) is 3.71. The van der Waals surface area contributed by atoms with Gasteiger partial charge in [-0.1, -0.05) is 24.3 Å². The van der Waals surface area contributed by atoms with Crippen LogP contribution >= 0.6 is 0 Å². The fourth-order valence-electron chi connectivity index (χ4n) is 2.88. The van der Waals surface area contributed by atoms with Crippen molar-refractivity contribution >= 4 is 0 Å². The number of likely N-dealkylation sites (N-methyl/N-ethyl adjacent to an activating group) is 1. The zero-order chi connectivity index (χ0) is 11.7. The lowest BCUT2D eigenvalue weighted by Gasteiger charge is -2.19. The highest BCUT2D eigenvalue weighted by Gasteiger charge is 2.26. The molecular weight excluding hydrogens is 208 g/mol. The third-order valence-corrected chi connectivity index (χ3v) is 4.16. The van der Waals surface area contributed by atoms with E-state index in [1.54, 1.807) is 5.56 Å². The van der Waals surface area contributed by atoms with Gasteiger partial charge in [-0.05, 0) is 43.9 Å². The minimum atomic E-state index is 0.596. The van der Waals surface area contributed by atoms with Crippen molar-refractivity contribution in [1.29, 1.82) is 0 Å². The number of nitrogens with one attached hydrogen (secondary N) is 1. The molecule has 0 saturated heterocycles. The maximum absolute atomic E-state index is 3.71. The third-order valence-electron chi connectivity index (χ3n) is 4.16. The quantitative estimate of drug-likeness (QED) is 0.835. The largest absolute Gasteiger partial charge is 0.309 e. The van der Waals surface area contributed by atoms with E-state index in [1.165, 1.54) is 37.8 Å². The van der Waals surface area contributed by atoms with Crippen LogP contribution in [-0.4, -0.2) is 31.1 Å². The Morgan fingerprint density at radius 3 is 2.88 bits per heavy atom. The van der Waals surface area contributed by atoms with Gasteiger partial charge in [0.1, 0.15) is 0 Å². The molecule has 0 amide bonds. The summed E-state index contributed by atoms with van der Waals surface area (Å²) in [5.41, 5.74) is 3.07. The van der Waals surface area contributed by atoms with Gasteiger partial charge in [0.2, 0.25) is 0 Å². The first-order valence-corrected chi connectivity index (χ1v) is 6.86. The van der Waals surface area contributed by atoms with Crippen molar-refractivity contribution in [1.82, 2.24) is 10.2 Å². The van der Waals surface area contributed by atoms with Crippen LogP contribution in [0.2, 0.25) is 0 Å². The van der Waals surface area contributed by atoms with Crippen molar-refractivity contribution in [3.63, 3.8) is 0 Å². The Balaban J connectivity index is 1.50. The predicted octanol–water partition coefficient (Wildman–Crippen LogP) is 2.36. The smallest absolute Gasteiger partial charge is 0.0326 e. The van der Waals surface area contributed by atoms with Gasteiger partial charge in [-0.25, -0.2) is 0 Å². The number of hydrogen-bond donors (Lipinski definition) is 1. The van der Waals surface area contributed by atoms with E-state index in [4.69, 9.17) is 0 Å². The highest BCUT2D eigenvalue weighted by molar-refractivity contribution is 5.34. The normalized spacial score (nSPS) is 23.1. The molecule has 0 heterocycles. The van der Waals surface area contributed by atoms with Crippen LogP contribution < -0.4 is 5.32 Å². The van der Waals surface area contributed by atoms with E-state index < -0.39 is 0 Å². The van der Waals surface area contributed by atoms with Crippen LogP contribution in [0.3, 0.4) is 0 Å². The van der Waals surface area contributed by atoms with Gasteiger partial charge in [0.05, 0.1) is 0 Å². The molecule has 0 aliphatic heterocycles. The van der Waals surface area contributed by atoms with Crippen LogP contribution in [0.25, 0.3) is 0 Å². The molecule has 2 aliphatic rings. The van der Waals surface area contributed by atoms with Crippen LogP contribution in [0.5, 0.6) is 0 Å². The number of benzene rings is 1. The molecule has 0 spiro atoms. The van der Waals surface area contributed by atoms with Gasteiger partial charge in [0.15, 0.2) is 0 Å². The molecule has 2 aliphatic carbocycles. The number of rotatable bonds is 5. The van der Waals surface area contributed by atoms with Crippen LogP contribution in [-0.2, 0) is 6.42 Å². The first-order valence-electron chi connectivity index (χ1n) is 6.86. The molecule has 1 N–H and O–H groups in total. The second kappa shape index (κ2) is 4.79. The Labute approximate surface area is 104 Å². The first kappa shape index (κ1) is 11.2. The fraction of sp³-hybridized carbons (Fsp3) is 0.600. The maximum atomic E-state index is 3.71. The Morgan fingerprint density at radius 2 is 2.06 bits per heavy atom. The summed E-state index contributed by atoms with van der Waals surface area (Å²) in [7, 11) is 2.25. The average Bonchev–Trinajstić information content (AvgIpc) is 3.12. The number of hydrogen-bond acceptors (Lipinski definition) is 2. The summed E-state index contributed by atoms with van der Waals surface area (Å²) in [6, 6.07) is 10.3. The van der Waals surface area contributed by atoms with E-state index in [1.807, 2.05) is 0 Å². The topological polar surface area (TPSA) is 15.3 Å². The Bertz CT molecular complexity index is 384. The standard InChI is InChI=1S/C15H22N2/c1-17(13-7-8-13)11-10-16-15-9-6-12-4-2-3-5-14(12)15/h2-5,13,15-16H,6-11H2,1H3. The van der Waals surface area contributed by atoms with E-state index in [0.717, 1.165) is 12.6 Å². The fourth-order valence-corrected chi connectivity index (χ4v) is 2.88. The summed E-state index contributed by atoms with van der Waals surface area (Å²) in [6.07, 6.45) is 5.32. The van der Waals surface area contributed by atoms with Crippen molar-refractivity contribution < 1.29 is 0 Å². The van der Waals surface area contributed by atoms with Gasteiger partial charge in [-0.15, -0.1) is 0 Å². The predicted molar refractivity (Wildman–Crippen MR) is 71.2 cm³/mol. The second-order valence-electron chi connectivity index (χ2n) is 5.46. The first-order chi connectivity index (χ1) is 8.34. The lowest BCUT2D eigenvalue weighted by Crippen LogP contribution is -2.32. The minimum absolute atomic E-state index is 0.596. The van der Waals surface area contributed by atoms with Gasteiger partial charge >= 0.3 is 0 Å². The highest BCUT2D eigenvalue weighted by atomic mass is 15.2. The monoisotopic (exact) mass is 230 g/mol. The Hall–Kier alpha value is -0.860. The van der Waals surface area contributed by atoms with E-state index in [2.05, 4.69) is 41.5 Å². The second-order valence-corrected chi connectivity index (χ2v) is 5.46. The Kier molecular flexibility index (Phi) is 3.17. The molecule has 0 aromatic heterocycles. The third kappa shape index (κ3) is 2.53. The lowest BCUT2D eigenvalue weighted by molar-refractivity contribution is 0.314. The molecular formula is C15H22N2. The zero-order valence-electron chi connectivity index (χ0n) is 10.7. The number of aryl methyl sites for hydroxylation is 1. The SMILES string of the molecule is CN(CCNC1CCc2ccccc21)C1CC1. The summed E-state index contributed by atoms with van der Waals surface area (Å²) in [6.45, 7) is 2.30. The molecule has 0 radical (unpaired) electrons. The average molecular weight is 230 g/mol. The molecule has 1 aromatic carbocycles.